The van der Waals surface area contributed by atoms with Crippen molar-refractivity contribution in [1.29, 1.82) is 0 Å². The molecular formula is C15H14N2O. The average molecular weight is 238 g/mol. The standard InChI is InChI=1S/C15H14N2O/c1-3-8-17-9-10(2)13-11-6-4-5-7-12(11)16-15(18)14(13)17/h3-7,9H,1,8H2,2H3,(H,16,18). The van der Waals surface area contributed by atoms with Crippen LogP contribution in [0.1, 0.15) is 5.56 Å². The molecular weight excluding hydrogens is 224 g/mol. The molecule has 1 N–H and O–H groups in total. The summed E-state index contributed by atoms with van der Waals surface area (Å²) >= 11 is 0. The molecule has 2 heterocycles. The van der Waals surface area contributed by atoms with Crippen molar-refractivity contribution < 1.29 is 0 Å². The lowest BCUT2D eigenvalue weighted by Crippen LogP contribution is -2.10. The van der Waals surface area contributed by atoms with Crippen molar-refractivity contribution >= 4 is 21.8 Å². The number of aromatic nitrogens is 2. The molecule has 3 nitrogen and oxygen atoms in total. The zero-order chi connectivity index (χ0) is 12.7. The second-order valence-corrected chi connectivity index (χ2v) is 4.48. The van der Waals surface area contributed by atoms with E-state index in [1.54, 1.807) is 6.08 Å². The number of hydrogen-bond donors (Lipinski definition) is 1. The van der Waals surface area contributed by atoms with Crippen molar-refractivity contribution in [2.45, 2.75) is 13.5 Å². The summed E-state index contributed by atoms with van der Waals surface area (Å²) in [5.74, 6) is 0. The molecule has 3 rings (SSSR count). The molecule has 0 fully saturated rings. The van der Waals surface area contributed by atoms with E-state index >= 15 is 0 Å². The van der Waals surface area contributed by atoms with Crippen LogP contribution in [0.15, 0.2) is 47.9 Å². The van der Waals surface area contributed by atoms with E-state index in [9.17, 15) is 4.79 Å². The van der Waals surface area contributed by atoms with Crippen LogP contribution in [0.2, 0.25) is 0 Å². The Balaban J connectivity index is 2.57. The highest BCUT2D eigenvalue weighted by atomic mass is 16.1. The molecule has 0 radical (unpaired) electrons. The summed E-state index contributed by atoms with van der Waals surface area (Å²) in [5, 5.41) is 2.13. The highest BCUT2D eigenvalue weighted by Crippen LogP contribution is 2.25. The molecule has 0 unspecified atom stereocenters. The van der Waals surface area contributed by atoms with Gasteiger partial charge in [0.2, 0.25) is 0 Å². The molecule has 0 aliphatic rings. The van der Waals surface area contributed by atoms with Crippen molar-refractivity contribution in [3.05, 3.63) is 59.0 Å². The van der Waals surface area contributed by atoms with Crippen LogP contribution in [-0.2, 0) is 6.54 Å². The molecule has 0 aliphatic carbocycles. The van der Waals surface area contributed by atoms with Crippen molar-refractivity contribution in [1.82, 2.24) is 9.55 Å². The number of allylic oxidation sites excluding steroid dienone is 1. The maximum absolute atomic E-state index is 12.2. The minimum Gasteiger partial charge on any atom is -0.339 e. The fourth-order valence-corrected chi connectivity index (χ4v) is 2.55. The van der Waals surface area contributed by atoms with Crippen LogP contribution in [0.25, 0.3) is 21.8 Å². The second-order valence-electron chi connectivity index (χ2n) is 4.48. The Kier molecular flexibility index (Phi) is 2.33. The van der Waals surface area contributed by atoms with Gasteiger partial charge in [-0.05, 0) is 18.6 Å². The van der Waals surface area contributed by atoms with Gasteiger partial charge in [-0.15, -0.1) is 6.58 Å². The monoisotopic (exact) mass is 238 g/mol. The van der Waals surface area contributed by atoms with Crippen LogP contribution in [0.3, 0.4) is 0 Å². The van der Waals surface area contributed by atoms with E-state index in [-0.39, 0.29) is 5.56 Å². The molecule has 0 amide bonds. The SMILES string of the molecule is C=CCn1cc(C)c2c3ccccc3[nH]c(=O)c21. The first-order valence-corrected chi connectivity index (χ1v) is 5.93. The van der Waals surface area contributed by atoms with Crippen molar-refractivity contribution in [2.75, 3.05) is 0 Å². The average Bonchev–Trinajstić information content (AvgIpc) is 2.68. The molecule has 18 heavy (non-hydrogen) atoms. The van der Waals surface area contributed by atoms with Gasteiger partial charge >= 0.3 is 0 Å². The zero-order valence-electron chi connectivity index (χ0n) is 10.2. The fourth-order valence-electron chi connectivity index (χ4n) is 2.55. The van der Waals surface area contributed by atoms with Crippen LogP contribution >= 0.6 is 0 Å². The Morgan fingerprint density at radius 1 is 1.39 bits per heavy atom. The van der Waals surface area contributed by atoms with E-state index < -0.39 is 0 Å². The van der Waals surface area contributed by atoms with Crippen molar-refractivity contribution in [2.24, 2.45) is 0 Å². The van der Waals surface area contributed by atoms with Gasteiger partial charge in [0.1, 0.15) is 5.52 Å². The van der Waals surface area contributed by atoms with Crippen LogP contribution < -0.4 is 5.56 Å². The Morgan fingerprint density at radius 2 is 2.17 bits per heavy atom. The third-order valence-electron chi connectivity index (χ3n) is 3.25. The summed E-state index contributed by atoms with van der Waals surface area (Å²) in [6, 6.07) is 7.89. The van der Waals surface area contributed by atoms with Gasteiger partial charge in [0.15, 0.2) is 0 Å². The molecule has 0 atom stereocenters. The van der Waals surface area contributed by atoms with E-state index in [1.807, 2.05) is 42.0 Å². The van der Waals surface area contributed by atoms with E-state index in [4.69, 9.17) is 0 Å². The van der Waals surface area contributed by atoms with Gasteiger partial charge < -0.3 is 9.55 Å². The van der Waals surface area contributed by atoms with E-state index in [0.29, 0.717) is 6.54 Å². The maximum Gasteiger partial charge on any atom is 0.272 e. The number of nitrogens with zero attached hydrogens (tertiary/aromatic N) is 1. The predicted molar refractivity (Wildman–Crippen MR) is 75.0 cm³/mol. The topological polar surface area (TPSA) is 37.8 Å². The molecule has 90 valence electrons. The first kappa shape index (κ1) is 10.8. The number of hydrogen-bond acceptors (Lipinski definition) is 1. The van der Waals surface area contributed by atoms with Gasteiger partial charge in [-0.3, -0.25) is 4.79 Å². The van der Waals surface area contributed by atoms with Crippen LogP contribution in [-0.4, -0.2) is 9.55 Å². The minimum absolute atomic E-state index is 0.0429. The summed E-state index contributed by atoms with van der Waals surface area (Å²) in [5.41, 5.74) is 2.69. The van der Waals surface area contributed by atoms with Gasteiger partial charge in [-0.2, -0.15) is 0 Å². The summed E-state index contributed by atoms with van der Waals surface area (Å²) in [6.45, 7) is 6.41. The largest absolute Gasteiger partial charge is 0.339 e. The number of rotatable bonds is 2. The molecule has 0 saturated carbocycles. The van der Waals surface area contributed by atoms with Gasteiger partial charge in [-0.1, -0.05) is 24.3 Å². The molecule has 0 saturated heterocycles. The number of H-pyrrole nitrogens is 1. The lowest BCUT2D eigenvalue weighted by Gasteiger charge is -2.03. The summed E-state index contributed by atoms with van der Waals surface area (Å²) < 4.78 is 1.95. The molecule has 3 aromatic rings. The lowest BCUT2D eigenvalue weighted by atomic mass is 10.1. The predicted octanol–water partition coefficient (Wildman–Crippen LogP) is 2.98. The third kappa shape index (κ3) is 1.40. The number of para-hydroxylation sites is 1. The summed E-state index contributed by atoms with van der Waals surface area (Å²) in [6.07, 6.45) is 3.81. The summed E-state index contributed by atoms with van der Waals surface area (Å²) in [7, 11) is 0. The highest BCUT2D eigenvalue weighted by molar-refractivity contribution is 6.06. The number of pyridine rings is 1. The smallest absolute Gasteiger partial charge is 0.272 e. The van der Waals surface area contributed by atoms with Crippen LogP contribution in [0.4, 0.5) is 0 Å². The number of nitrogens with one attached hydrogen (secondary N) is 1. The number of fused-ring (bicyclic) bond motifs is 3. The van der Waals surface area contributed by atoms with Gasteiger partial charge in [-0.25, -0.2) is 0 Å². The number of aryl methyl sites for hydroxylation is 1. The molecule has 0 spiro atoms. The Labute approximate surface area is 104 Å². The van der Waals surface area contributed by atoms with Gasteiger partial charge in [0, 0.05) is 29.0 Å². The Bertz CT molecular complexity index is 808. The fraction of sp³-hybridized carbons (Fsp3) is 0.133. The Morgan fingerprint density at radius 3 is 2.94 bits per heavy atom. The quantitative estimate of drug-likeness (QED) is 0.685. The molecule has 3 heteroatoms. The molecule has 2 aromatic heterocycles. The molecule has 1 aromatic carbocycles. The van der Waals surface area contributed by atoms with Crippen LogP contribution in [0, 0.1) is 6.92 Å². The third-order valence-corrected chi connectivity index (χ3v) is 3.25. The second kappa shape index (κ2) is 3.88. The Hall–Kier alpha value is -2.29. The first-order chi connectivity index (χ1) is 8.72. The van der Waals surface area contributed by atoms with Crippen molar-refractivity contribution in [3.63, 3.8) is 0 Å². The first-order valence-electron chi connectivity index (χ1n) is 5.93. The molecule has 0 bridgehead atoms. The highest BCUT2D eigenvalue weighted by Gasteiger charge is 2.12. The van der Waals surface area contributed by atoms with E-state index in [0.717, 1.165) is 27.4 Å². The van der Waals surface area contributed by atoms with E-state index in [2.05, 4.69) is 11.6 Å². The normalized spacial score (nSPS) is 11.2. The zero-order valence-corrected chi connectivity index (χ0v) is 10.2. The van der Waals surface area contributed by atoms with Crippen LogP contribution in [0.5, 0.6) is 0 Å². The minimum atomic E-state index is -0.0429. The van der Waals surface area contributed by atoms with Gasteiger partial charge in [0.05, 0.1) is 0 Å². The number of aromatic amines is 1. The molecule has 0 aliphatic heterocycles. The lowest BCUT2D eigenvalue weighted by molar-refractivity contribution is 0.857. The van der Waals surface area contributed by atoms with Gasteiger partial charge in [0.25, 0.3) is 5.56 Å². The van der Waals surface area contributed by atoms with E-state index in [1.165, 1.54) is 0 Å². The number of benzene rings is 1. The van der Waals surface area contributed by atoms with Crippen molar-refractivity contribution in [3.8, 4) is 0 Å². The maximum atomic E-state index is 12.2. The summed E-state index contributed by atoms with van der Waals surface area (Å²) in [4.78, 5) is 15.1.